The zero-order chi connectivity index (χ0) is 17.6. The number of carbonyl (C=O) groups excluding carboxylic acids is 1. The van der Waals surface area contributed by atoms with Crippen LogP contribution >= 0.6 is 0 Å². The van der Waals surface area contributed by atoms with Gasteiger partial charge in [0.15, 0.2) is 0 Å². The van der Waals surface area contributed by atoms with Crippen molar-refractivity contribution in [2.75, 3.05) is 6.61 Å². The van der Waals surface area contributed by atoms with Gasteiger partial charge in [-0.2, -0.15) is 5.26 Å². The van der Waals surface area contributed by atoms with E-state index in [9.17, 15) is 10.1 Å². The van der Waals surface area contributed by atoms with Crippen molar-refractivity contribution < 1.29 is 9.53 Å². The third-order valence-corrected chi connectivity index (χ3v) is 4.57. The molecule has 0 heterocycles. The first kappa shape index (κ1) is 17.0. The summed E-state index contributed by atoms with van der Waals surface area (Å²) in [4.78, 5) is 12.4. The lowest BCUT2D eigenvalue weighted by molar-refractivity contribution is -0.117. The first-order chi connectivity index (χ1) is 12.2. The van der Waals surface area contributed by atoms with Crippen LogP contribution < -0.4 is 10.1 Å². The highest BCUT2D eigenvalue weighted by Crippen LogP contribution is 2.30. The number of benzene rings is 2. The smallest absolute Gasteiger partial charge is 0.262 e. The average molecular weight is 334 g/mol. The molecule has 1 amide bonds. The van der Waals surface area contributed by atoms with Gasteiger partial charge in [0, 0.05) is 11.4 Å². The molecule has 0 aromatic heterocycles. The summed E-state index contributed by atoms with van der Waals surface area (Å²) >= 11 is 0. The minimum absolute atomic E-state index is 0.140. The third-order valence-electron chi connectivity index (χ3n) is 4.57. The number of amides is 1. The molecule has 0 aliphatic heterocycles. The summed E-state index contributed by atoms with van der Waals surface area (Å²) in [6, 6.07) is 13.9. The van der Waals surface area contributed by atoms with Crippen molar-refractivity contribution in [3.63, 3.8) is 0 Å². The highest BCUT2D eigenvalue weighted by atomic mass is 16.5. The Morgan fingerprint density at radius 2 is 1.96 bits per heavy atom. The lowest BCUT2D eigenvalue weighted by Gasteiger charge is -2.12. The van der Waals surface area contributed by atoms with Gasteiger partial charge < -0.3 is 10.1 Å². The van der Waals surface area contributed by atoms with Crippen molar-refractivity contribution in [3.05, 3.63) is 47.5 Å². The number of carbonyl (C=O) groups is 1. The Balaban J connectivity index is 1.94. The van der Waals surface area contributed by atoms with Crippen LogP contribution in [-0.4, -0.2) is 18.6 Å². The Bertz CT molecular complexity index is 843. The van der Waals surface area contributed by atoms with Crippen LogP contribution in [0.1, 0.15) is 38.2 Å². The zero-order valence-corrected chi connectivity index (χ0v) is 14.4. The molecule has 0 radical (unpaired) electrons. The quantitative estimate of drug-likeness (QED) is 0.658. The molecule has 0 atom stereocenters. The van der Waals surface area contributed by atoms with Crippen LogP contribution in [0.2, 0.25) is 0 Å². The second-order valence-electron chi connectivity index (χ2n) is 6.26. The monoisotopic (exact) mass is 334 g/mol. The molecule has 4 heteroatoms. The van der Waals surface area contributed by atoms with Gasteiger partial charge in [0.05, 0.1) is 6.61 Å². The topological polar surface area (TPSA) is 62.1 Å². The molecule has 1 aliphatic carbocycles. The number of ether oxygens (including phenoxy) is 1. The number of fused-ring (bicyclic) bond motifs is 1. The summed E-state index contributed by atoms with van der Waals surface area (Å²) in [5.74, 6) is 0.525. The number of nitrogens with one attached hydrogen (secondary N) is 1. The van der Waals surface area contributed by atoms with Gasteiger partial charge in [-0.1, -0.05) is 43.2 Å². The molecule has 128 valence electrons. The number of rotatable bonds is 5. The molecule has 4 nitrogen and oxygen atoms in total. The van der Waals surface area contributed by atoms with E-state index >= 15 is 0 Å². The SMILES string of the molecule is CCOc1ccc(C=C(C#N)C(=O)NC2CCCC2)c2ccccc12. The van der Waals surface area contributed by atoms with Crippen molar-refractivity contribution in [2.24, 2.45) is 0 Å². The number of nitriles is 1. The van der Waals surface area contributed by atoms with E-state index in [1.165, 1.54) is 0 Å². The van der Waals surface area contributed by atoms with Gasteiger partial charge >= 0.3 is 0 Å². The third kappa shape index (κ3) is 3.83. The lowest BCUT2D eigenvalue weighted by Crippen LogP contribution is -2.33. The van der Waals surface area contributed by atoms with E-state index < -0.39 is 0 Å². The zero-order valence-electron chi connectivity index (χ0n) is 14.4. The minimum Gasteiger partial charge on any atom is -0.493 e. The number of hydrogen-bond acceptors (Lipinski definition) is 3. The van der Waals surface area contributed by atoms with Crippen LogP contribution in [0.15, 0.2) is 42.0 Å². The Kier molecular flexibility index (Phi) is 5.35. The number of hydrogen-bond donors (Lipinski definition) is 1. The van der Waals surface area contributed by atoms with Gasteiger partial charge in [-0.05, 0) is 42.9 Å². The molecule has 25 heavy (non-hydrogen) atoms. The van der Waals surface area contributed by atoms with E-state index in [4.69, 9.17) is 4.74 Å². The summed E-state index contributed by atoms with van der Waals surface area (Å²) in [5.41, 5.74) is 0.985. The summed E-state index contributed by atoms with van der Waals surface area (Å²) in [5, 5.41) is 14.4. The van der Waals surface area contributed by atoms with E-state index in [1.807, 2.05) is 49.4 Å². The largest absolute Gasteiger partial charge is 0.493 e. The first-order valence-corrected chi connectivity index (χ1v) is 8.80. The fraction of sp³-hybridized carbons (Fsp3) is 0.333. The fourth-order valence-corrected chi connectivity index (χ4v) is 3.34. The van der Waals surface area contributed by atoms with Crippen LogP contribution in [0.25, 0.3) is 16.8 Å². The maximum absolute atomic E-state index is 12.4. The first-order valence-electron chi connectivity index (χ1n) is 8.80. The van der Waals surface area contributed by atoms with E-state index in [0.29, 0.717) is 6.61 Å². The molecule has 1 fully saturated rings. The van der Waals surface area contributed by atoms with Crippen molar-refractivity contribution in [1.29, 1.82) is 5.26 Å². The Morgan fingerprint density at radius 3 is 2.64 bits per heavy atom. The molecule has 0 unspecified atom stereocenters. The van der Waals surface area contributed by atoms with Crippen molar-refractivity contribution in [2.45, 2.75) is 38.6 Å². The standard InChI is InChI=1S/C21H22N2O2/c1-2-25-20-12-11-15(18-9-5-6-10-19(18)20)13-16(14-22)21(24)23-17-7-3-4-8-17/h5-6,9-13,17H,2-4,7-8H2,1H3,(H,23,24). The molecule has 1 saturated carbocycles. The summed E-state index contributed by atoms with van der Waals surface area (Å²) < 4.78 is 5.68. The average Bonchev–Trinajstić information content (AvgIpc) is 3.14. The van der Waals surface area contributed by atoms with Crippen LogP contribution in [0.5, 0.6) is 5.75 Å². The molecule has 2 aromatic carbocycles. The van der Waals surface area contributed by atoms with Crippen molar-refractivity contribution in [3.8, 4) is 11.8 Å². The predicted molar refractivity (Wildman–Crippen MR) is 99.1 cm³/mol. The number of nitrogens with zero attached hydrogens (tertiary/aromatic N) is 1. The van der Waals surface area contributed by atoms with Gasteiger partial charge in [0.25, 0.3) is 5.91 Å². The van der Waals surface area contributed by atoms with E-state index in [1.54, 1.807) is 6.08 Å². The van der Waals surface area contributed by atoms with E-state index in [0.717, 1.165) is 47.8 Å². The molecular weight excluding hydrogens is 312 g/mol. The Hall–Kier alpha value is -2.80. The van der Waals surface area contributed by atoms with Crippen molar-refractivity contribution >= 4 is 22.8 Å². The van der Waals surface area contributed by atoms with Gasteiger partial charge in [-0.15, -0.1) is 0 Å². The van der Waals surface area contributed by atoms with Crippen LogP contribution in [-0.2, 0) is 4.79 Å². The molecular formula is C21H22N2O2. The molecule has 0 saturated heterocycles. The maximum atomic E-state index is 12.4. The van der Waals surface area contributed by atoms with Gasteiger partial charge in [-0.25, -0.2) is 0 Å². The van der Waals surface area contributed by atoms with E-state index in [2.05, 4.69) is 5.32 Å². The van der Waals surface area contributed by atoms with Gasteiger partial charge in [0.2, 0.25) is 0 Å². The molecule has 3 rings (SSSR count). The fourth-order valence-electron chi connectivity index (χ4n) is 3.34. The molecule has 0 bridgehead atoms. The van der Waals surface area contributed by atoms with Gasteiger partial charge in [0.1, 0.15) is 17.4 Å². The Morgan fingerprint density at radius 1 is 1.24 bits per heavy atom. The predicted octanol–water partition coefficient (Wildman–Crippen LogP) is 4.20. The highest BCUT2D eigenvalue weighted by Gasteiger charge is 2.19. The minimum atomic E-state index is -0.285. The highest BCUT2D eigenvalue weighted by molar-refractivity contribution is 6.04. The van der Waals surface area contributed by atoms with E-state index in [-0.39, 0.29) is 17.5 Å². The maximum Gasteiger partial charge on any atom is 0.262 e. The molecule has 1 N–H and O–H groups in total. The second kappa shape index (κ2) is 7.85. The van der Waals surface area contributed by atoms with Crippen molar-refractivity contribution in [1.82, 2.24) is 5.32 Å². The normalized spacial score (nSPS) is 15.1. The van der Waals surface area contributed by atoms with Crippen LogP contribution in [0.3, 0.4) is 0 Å². The molecule has 2 aromatic rings. The summed E-state index contributed by atoms with van der Waals surface area (Å²) in [7, 11) is 0. The molecule has 0 spiro atoms. The molecule has 1 aliphatic rings. The van der Waals surface area contributed by atoms with Crippen LogP contribution in [0.4, 0.5) is 0 Å². The Labute approximate surface area is 148 Å². The van der Waals surface area contributed by atoms with Gasteiger partial charge in [-0.3, -0.25) is 4.79 Å². The van der Waals surface area contributed by atoms with Crippen LogP contribution in [0, 0.1) is 11.3 Å². The summed E-state index contributed by atoms with van der Waals surface area (Å²) in [6.45, 7) is 2.54. The summed E-state index contributed by atoms with van der Waals surface area (Å²) in [6.07, 6.45) is 5.94. The second-order valence-corrected chi connectivity index (χ2v) is 6.26. The lowest BCUT2D eigenvalue weighted by atomic mass is 10.0.